The quantitative estimate of drug-likeness (QED) is 0.622. The molecule has 30 heavy (non-hydrogen) atoms. The first kappa shape index (κ1) is 21.9. The molecule has 1 aliphatic carbocycles. The largest absolute Gasteiger partial charge is 0.373 e. The highest BCUT2D eigenvalue weighted by molar-refractivity contribution is 7.86. The van der Waals surface area contributed by atoms with Gasteiger partial charge in [-0.2, -0.15) is 17.0 Å². The molecule has 0 aromatic rings. The minimum atomic E-state index is -3.55. The Morgan fingerprint density at radius 2 is 1.57 bits per heavy atom. The van der Waals surface area contributed by atoms with E-state index in [0.29, 0.717) is 52.1 Å². The van der Waals surface area contributed by atoms with Crippen molar-refractivity contribution in [2.24, 2.45) is 0 Å². The molecular formula is C19H33N5O5S. The maximum absolute atomic E-state index is 13.0. The van der Waals surface area contributed by atoms with Gasteiger partial charge in [-0.1, -0.05) is 19.3 Å². The molecular weight excluding hydrogens is 410 g/mol. The van der Waals surface area contributed by atoms with Crippen LogP contribution in [0.5, 0.6) is 0 Å². The zero-order chi connectivity index (χ0) is 21.5. The number of amides is 3. The van der Waals surface area contributed by atoms with Crippen LogP contribution in [0.1, 0.15) is 46.0 Å². The zero-order valence-electron chi connectivity index (χ0n) is 17.9. The number of piperazine rings is 1. The number of rotatable bonds is 4. The van der Waals surface area contributed by atoms with E-state index >= 15 is 0 Å². The second-order valence-corrected chi connectivity index (χ2v) is 11.0. The van der Waals surface area contributed by atoms with Gasteiger partial charge in [0.15, 0.2) is 0 Å². The summed E-state index contributed by atoms with van der Waals surface area (Å²) in [5, 5.41) is 2.93. The molecule has 0 aromatic carbocycles. The molecule has 0 bridgehead atoms. The average Bonchev–Trinajstić information content (AvgIpc) is 2.92. The normalized spacial score (nSPS) is 32.0. The zero-order valence-corrected chi connectivity index (χ0v) is 18.7. The molecule has 3 saturated heterocycles. The van der Waals surface area contributed by atoms with E-state index in [4.69, 9.17) is 4.74 Å². The monoisotopic (exact) mass is 443 g/mol. The maximum atomic E-state index is 13.0. The molecule has 2 atom stereocenters. The highest BCUT2D eigenvalue weighted by Crippen LogP contribution is 2.33. The fourth-order valence-electron chi connectivity index (χ4n) is 5.08. The first-order chi connectivity index (χ1) is 14.2. The van der Waals surface area contributed by atoms with Gasteiger partial charge in [-0.3, -0.25) is 9.69 Å². The molecule has 1 saturated carbocycles. The molecule has 0 aromatic heterocycles. The minimum absolute atomic E-state index is 0.126. The average molecular weight is 444 g/mol. The van der Waals surface area contributed by atoms with E-state index in [9.17, 15) is 18.0 Å². The number of carbonyl (C=O) groups is 2. The van der Waals surface area contributed by atoms with Crippen LogP contribution in [-0.2, 0) is 19.7 Å². The van der Waals surface area contributed by atoms with Gasteiger partial charge in [-0.25, -0.2) is 9.69 Å². The molecule has 4 aliphatic rings. The molecule has 3 heterocycles. The fourth-order valence-corrected chi connectivity index (χ4v) is 6.83. The molecule has 3 amide bonds. The Kier molecular flexibility index (Phi) is 6.10. The minimum Gasteiger partial charge on any atom is -0.373 e. The van der Waals surface area contributed by atoms with Crippen molar-refractivity contribution in [3.63, 3.8) is 0 Å². The van der Waals surface area contributed by atoms with Crippen molar-refractivity contribution < 1.29 is 22.7 Å². The molecule has 1 N–H and O–H groups in total. The van der Waals surface area contributed by atoms with Crippen molar-refractivity contribution in [3.8, 4) is 0 Å². The van der Waals surface area contributed by atoms with Crippen molar-refractivity contribution in [3.05, 3.63) is 0 Å². The third-order valence-electron chi connectivity index (χ3n) is 6.66. The molecule has 10 nitrogen and oxygen atoms in total. The molecule has 11 heteroatoms. The summed E-state index contributed by atoms with van der Waals surface area (Å²) in [5.74, 6) is -0.126. The number of ether oxygens (including phenoxy) is 1. The molecule has 4 fully saturated rings. The van der Waals surface area contributed by atoms with E-state index in [1.165, 1.54) is 13.5 Å². The van der Waals surface area contributed by atoms with E-state index in [1.807, 2.05) is 18.7 Å². The van der Waals surface area contributed by atoms with Crippen molar-refractivity contribution in [1.29, 1.82) is 0 Å². The highest BCUT2D eigenvalue weighted by atomic mass is 32.2. The SMILES string of the molecule is C[C@H]1CN(S(=O)(=O)N2CCN(CN3C(=O)NC4(CCCCC4)C3=O)CC2)C[C@H](C)O1. The molecule has 3 aliphatic heterocycles. The number of hydrogen-bond donors (Lipinski definition) is 1. The van der Waals surface area contributed by atoms with Crippen molar-refractivity contribution in [2.75, 3.05) is 45.9 Å². The van der Waals surface area contributed by atoms with Crippen LogP contribution in [0.3, 0.4) is 0 Å². The molecule has 4 rings (SSSR count). The second kappa shape index (κ2) is 8.34. The van der Waals surface area contributed by atoms with Gasteiger partial charge in [0.2, 0.25) is 0 Å². The lowest BCUT2D eigenvalue weighted by Crippen LogP contribution is -2.58. The van der Waals surface area contributed by atoms with Gasteiger partial charge in [-0.05, 0) is 26.7 Å². The van der Waals surface area contributed by atoms with E-state index in [2.05, 4.69) is 5.32 Å². The third-order valence-corrected chi connectivity index (χ3v) is 8.63. The predicted molar refractivity (Wildman–Crippen MR) is 110 cm³/mol. The maximum Gasteiger partial charge on any atom is 0.326 e. The van der Waals surface area contributed by atoms with Gasteiger partial charge < -0.3 is 10.1 Å². The number of imide groups is 1. The fraction of sp³-hybridized carbons (Fsp3) is 0.895. The summed E-state index contributed by atoms with van der Waals surface area (Å²) >= 11 is 0. The van der Waals surface area contributed by atoms with Gasteiger partial charge >= 0.3 is 6.03 Å². The molecule has 0 radical (unpaired) electrons. The smallest absolute Gasteiger partial charge is 0.326 e. The second-order valence-electron chi connectivity index (χ2n) is 9.05. The summed E-state index contributed by atoms with van der Waals surface area (Å²) in [7, 11) is -3.55. The van der Waals surface area contributed by atoms with E-state index in [0.717, 1.165) is 19.3 Å². The Balaban J connectivity index is 1.34. The van der Waals surface area contributed by atoms with Gasteiger partial charge in [-0.15, -0.1) is 0 Å². The number of hydrogen-bond acceptors (Lipinski definition) is 6. The summed E-state index contributed by atoms with van der Waals surface area (Å²) < 4.78 is 34.7. The van der Waals surface area contributed by atoms with Crippen LogP contribution in [0.4, 0.5) is 4.79 Å². The summed E-state index contributed by atoms with van der Waals surface area (Å²) in [6.07, 6.45) is 4.16. The van der Waals surface area contributed by atoms with Gasteiger partial charge in [0.25, 0.3) is 16.1 Å². The lowest BCUT2D eigenvalue weighted by atomic mass is 9.82. The van der Waals surface area contributed by atoms with Crippen LogP contribution in [0.25, 0.3) is 0 Å². The molecule has 170 valence electrons. The summed E-state index contributed by atoms with van der Waals surface area (Å²) in [6.45, 7) is 6.35. The van der Waals surface area contributed by atoms with Crippen molar-refractivity contribution in [2.45, 2.75) is 63.7 Å². The van der Waals surface area contributed by atoms with E-state index in [1.54, 1.807) is 0 Å². The molecule has 1 spiro atoms. The third kappa shape index (κ3) is 4.10. The van der Waals surface area contributed by atoms with Gasteiger partial charge in [0, 0.05) is 39.3 Å². The first-order valence-corrected chi connectivity index (χ1v) is 12.4. The van der Waals surface area contributed by atoms with Crippen LogP contribution < -0.4 is 5.32 Å². The van der Waals surface area contributed by atoms with Crippen LogP contribution in [0, 0.1) is 0 Å². The number of nitrogens with zero attached hydrogens (tertiary/aromatic N) is 4. The Morgan fingerprint density at radius 3 is 2.17 bits per heavy atom. The van der Waals surface area contributed by atoms with Crippen LogP contribution in [0.15, 0.2) is 0 Å². The predicted octanol–water partition coefficient (Wildman–Crippen LogP) is 0.170. The summed E-state index contributed by atoms with van der Waals surface area (Å²) in [5.41, 5.74) is -0.718. The Hall–Kier alpha value is -1.27. The first-order valence-electron chi connectivity index (χ1n) is 11.0. The summed E-state index contributed by atoms with van der Waals surface area (Å²) in [4.78, 5) is 28.7. The molecule has 0 unspecified atom stereocenters. The lowest BCUT2D eigenvalue weighted by Gasteiger charge is -2.40. The van der Waals surface area contributed by atoms with Gasteiger partial charge in [0.05, 0.1) is 18.9 Å². The lowest BCUT2D eigenvalue weighted by molar-refractivity contribution is -0.134. The Bertz CT molecular complexity index is 766. The number of urea groups is 1. The summed E-state index contributed by atoms with van der Waals surface area (Å²) in [6, 6.07) is -0.326. The van der Waals surface area contributed by atoms with E-state index < -0.39 is 15.7 Å². The Labute approximate surface area is 178 Å². The van der Waals surface area contributed by atoms with Gasteiger partial charge in [0.1, 0.15) is 5.54 Å². The number of carbonyl (C=O) groups excluding carboxylic acids is 2. The van der Waals surface area contributed by atoms with Crippen LogP contribution in [0.2, 0.25) is 0 Å². The highest BCUT2D eigenvalue weighted by Gasteiger charge is 2.51. The Morgan fingerprint density at radius 1 is 0.967 bits per heavy atom. The standard InChI is InChI=1S/C19H33N5O5S/c1-15-12-23(13-16(2)29-15)30(27,28)22-10-8-21(9-11-22)14-24-17(25)19(20-18(24)26)6-4-3-5-7-19/h15-16H,3-14H2,1-2H3,(H,20,26)/t15-,16-/m0/s1. The topological polar surface area (TPSA) is 103 Å². The van der Waals surface area contributed by atoms with Crippen LogP contribution >= 0.6 is 0 Å². The van der Waals surface area contributed by atoms with Crippen molar-refractivity contribution >= 4 is 22.1 Å². The van der Waals surface area contributed by atoms with E-state index in [-0.39, 0.29) is 30.8 Å². The van der Waals surface area contributed by atoms with Crippen molar-refractivity contribution in [1.82, 2.24) is 23.7 Å². The number of morpholine rings is 1. The van der Waals surface area contributed by atoms with Crippen LogP contribution in [-0.4, -0.2) is 102 Å². The number of nitrogens with one attached hydrogen (secondary N) is 1.